The third kappa shape index (κ3) is 4.50. The molecule has 2 nitrogen and oxygen atoms in total. The lowest BCUT2D eigenvalue weighted by molar-refractivity contribution is -0.114. The molecule has 0 unspecified atom stereocenters. The van der Waals surface area contributed by atoms with Crippen LogP contribution in [0.2, 0.25) is 0 Å². The zero-order valence-corrected chi connectivity index (χ0v) is 12.7. The maximum Gasteiger partial charge on any atom is 0.221 e. The van der Waals surface area contributed by atoms with Crippen LogP contribution in [0.15, 0.2) is 12.1 Å². The molecule has 3 heteroatoms. The molecule has 0 aliphatic rings. The Morgan fingerprint density at radius 1 is 1.29 bits per heavy atom. The van der Waals surface area contributed by atoms with E-state index in [0.29, 0.717) is 0 Å². The molecule has 0 aliphatic heterocycles. The molecule has 1 aromatic carbocycles. The van der Waals surface area contributed by atoms with Crippen molar-refractivity contribution in [2.75, 3.05) is 5.32 Å². The summed E-state index contributed by atoms with van der Waals surface area (Å²) in [5.41, 5.74) is 4.55. The first-order chi connectivity index (χ1) is 7.69. The fourth-order valence-corrected chi connectivity index (χ4v) is 2.15. The van der Waals surface area contributed by atoms with Crippen molar-refractivity contribution in [1.82, 2.24) is 0 Å². The molecule has 0 fully saturated rings. The van der Waals surface area contributed by atoms with Crippen molar-refractivity contribution in [3.63, 3.8) is 0 Å². The number of carbonyl (C=O) groups excluding carboxylic acids is 1. The van der Waals surface area contributed by atoms with Crippen molar-refractivity contribution in [1.29, 1.82) is 0 Å². The second-order valence-electron chi connectivity index (χ2n) is 5.17. The maximum absolute atomic E-state index is 11.1. The highest BCUT2D eigenvalue weighted by atomic mass is 79.9. The molecule has 0 spiro atoms. The zero-order chi connectivity index (χ0) is 13.2. The molecule has 1 N–H and O–H groups in total. The van der Waals surface area contributed by atoms with Gasteiger partial charge in [0.15, 0.2) is 0 Å². The molecule has 0 bridgehead atoms. The smallest absolute Gasteiger partial charge is 0.221 e. The SMILES string of the molecule is CC(=O)Nc1cc(C)c(CC(C)(C)Br)cc1C. The quantitative estimate of drug-likeness (QED) is 0.840. The Morgan fingerprint density at radius 2 is 1.88 bits per heavy atom. The van der Waals surface area contributed by atoms with Gasteiger partial charge in [-0.25, -0.2) is 0 Å². The Labute approximate surface area is 112 Å². The monoisotopic (exact) mass is 297 g/mol. The van der Waals surface area contributed by atoms with Crippen LogP contribution in [0.4, 0.5) is 5.69 Å². The Hall–Kier alpha value is -0.830. The fraction of sp³-hybridized carbons (Fsp3) is 0.500. The number of halogens is 1. The van der Waals surface area contributed by atoms with Crippen molar-refractivity contribution < 1.29 is 4.79 Å². The number of hydrogen-bond donors (Lipinski definition) is 1. The van der Waals surface area contributed by atoms with Gasteiger partial charge in [-0.15, -0.1) is 0 Å². The zero-order valence-electron chi connectivity index (χ0n) is 11.1. The van der Waals surface area contributed by atoms with Crippen LogP contribution in [0.3, 0.4) is 0 Å². The van der Waals surface area contributed by atoms with Crippen LogP contribution in [0.25, 0.3) is 0 Å². The molecule has 0 aromatic heterocycles. The summed E-state index contributed by atoms with van der Waals surface area (Å²) in [5, 5.41) is 2.85. The number of alkyl halides is 1. The van der Waals surface area contributed by atoms with E-state index in [0.717, 1.165) is 17.7 Å². The van der Waals surface area contributed by atoms with Gasteiger partial charge in [-0.2, -0.15) is 0 Å². The standard InChI is InChI=1S/C14H20BrNO/c1-9-7-13(16-11(3)17)10(2)6-12(9)8-14(4,5)15/h6-7H,8H2,1-5H3,(H,16,17). The molecule has 17 heavy (non-hydrogen) atoms. The van der Waals surface area contributed by atoms with Crippen molar-refractivity contribution in [3.8, 4) is 0 Å². The van der Waals surface area contributed by atoms with Crippen LogP contribution in [0, 0.1) is 13.8 Å². The van der Waals surface area contributed by atoms with Gasteiger partial charge in [0.2, 0.25) is 5.91 Å². The summed E-state index contributed by atoms with van der Waals surface area (Å²) in [5.74, 6) is -0.0268. The Bertz CT molecular complexity index is 433. The minimum absolute atomic E-state index is 0.0268. The van der Waals surface area contributed by atoms with Crippen LogP contribution >= 0.6 is 15.9 Å². The van der Waals surface area contributed by atoms with E-state index in [9.17, 15) is 4.79 Å². The predicted octanol–water partition coefficient (Wildman–Crippen LogP) is 3.98. The molecular formula is C14H20BrNO. The molecule has 94 valence electrons. The van der Waals surface area contributed by atoms with Gasteiger partial charge < -0.3 is 5.32 Å². The van der Waals surface area contributed by atoms with Crippen molar-refractivity contribution in [2.24, 2.45) is 0 Å². The molecule has 1 amide bonds. The number of amides is 1. The Kier molecular flexibility index (Phi) is 4.36. The number of anilines is 1. The number of carbonyl (C=O) groups is 1. The maximum atomic E-state index is 11.1. The third-order valence-electron chi connectivity index (χ3n) is 2.60. The molecule has 0 atom stereocenters. The number of benzene rings is 1. The van der Waals surface area contributed by atoms with Crippen LogP contribution in [-0.4, -0.2) is 10.2 Å². The summed E-state index contributed by atoms with van der Waals surface area (Å²) in [6, 6.07) is 4.20. The van der Waals surface area contributed by atoms with E-state index in [1.54, 1.807) is 0 Å². The van der Waals surface area contributed by atoms with Gasteiger partial charge >= 0.3 is 0 Å². The van der Waals surface area contributed by atoms with E-state index in [1.165, 1.54) is 18.1 Å². The molecule has 0 saturated heterocycles. The summed E-state index contributed by atoms with van der Waals surface area (Å²) in [6.07, 6.45) is 0.972. The van der Waals surface area contributed by atoms with Gasteiger partial charge in [0.05, 0.1) is 0 Å². The molecule has 1 aromatic rings. The summed E-state index contributed by atoms with van der Waals surface area (Å²) in [4.78, 5) is 11.1. The van der Waals surface area contributed by atoms with Crippen molar-refractivity contribution in [3.05, 3.63) is 28.8 Å². The highest BCUT2D eigenvalue weighted by Crippen LogP contribution is 2.27. The predicted molar refractivity (Wildman–Crippen MR) is 76.9 cm³/mol. The molecule has 0 saturated carbocycles. The third-order valence-corrected chi connectivity index (χ3v) is 2.88. The lowest BCUT2D eigenvalue weighted by Crippen LogP contribution is -2.15. The number of hydrogen-bond acceptors (Lipinski definition) is 1. The molecule has 0 heterocycles. The summed E-state index contributed by atoms with van der Waals surface area (Å²) < 4.78 is 0.0969. The van der Waals surface area contributed by atoms with E-state index in [-0.39, 0.29) is 10.2 Å². The van der Waals surface area contributed by atoms with Gasteiger partial charge in [-0.05, 0) is 56.9 Å². The molecule has 0 aliphatic carbocycles. The minimum atomic E-state index is -0.0268. The van der Waals surface area contributed by atoms with Gasteiger partial charge in [0, 0.05) is 16.9 Å². The van der Waals surface area contributed by atoms with E-state index in [1.807, 2.05) is 13.0 Å². The first-order valence-corrected chi connectivity index (χ1v) is 6.55. The average Bonchev–Trinajstić information content (AvgIpc) is 2.10. The van der Waals surface area contributed by atoms with Gasteiger partial charge in [-0.1, -0.05) is 22.0 Å². The van der Waals surface area contributed by atoms with Crippen LogP contribution < -0.4 is 5.32 Å². The largest absolute Gasteiger partial charge is 0.326 e. The summed E-state index contributed by atoms with van der Waals surface area (Å²) in [6.45, 7) is 9.95. The Morgan fingerprint density at radius 3 is 2.35 bits per heavy atom. The first-order valence-electron chi connectivity index (χ1n) is 5.75. The molecular weight excluding hydrogens is 278 g/mol. The number of nitrogens with one attached hydrogen (secondary N) is 1. The highest BCUT2D eigenvalue weighted by molar-refractivity contribution is 9.10. The Balaban J connectivity index is 3.05. The summed E-state index contributed by atoms with van der Waals surface area (Å²) in [7, 11) is 0. The number of aryl methyl sites for hydroxylation is 2. The van der Waals surface area contributed by atoms with E-state index in [4.69, 9.17) is 0 Å². The van der Waals surface area contributed by atoms with Crippen LogP contribution in [0.1, 0.15) is 37.5 Å². The second kappa shape index (κ2) is 5.21. The van der Waals surface area contributed by atoms with Gasteiger partial charge in [0.1, 0.15) is 0 Å². The minimum Gasteiger partial charge on any atom is -0.326 e. The highest BCUT2D eigenvalue weighted by Gasteiger charge is 2.16. The lowest BCUT2D eigenvalue weighted by Gasteiger charge is -2.19. The van der Waals surface area contributed by atoms with Crippen molar-refractivity contribution >= 4 is 27.5 Å². The van der Waals surface area contributed by atoms with Gasteiger partial charge in [0.25, 0.3) is 0 Å². The topological polar surface area (TPSA) is 29.1 Å². The van der Waals surface area contributed by atoms with Crippen LogP contribution in [-0.2, 0) is 11.2 Å². The van der Waals surface area contributed by atoms with Crippen LogP contribution in [0.5, 0.6) is 0 Å². The van der Waals surface area contributed by atoms with Crippen molar-refractivity contribution in [2.45, 2.75) is 45.4 Å². The van der Waals surface area contributed by atoms with Gasteiger partial charge in [-0.3, -0.25) is 4.79 Å². The summed E-state index contributed by atoms with van der Waals surface area (Å²) >= 11 is 3.66. The number of rotatable bonds is 3. The second-order valence-corrected chi connectivity index (χ2v) is 7.32. The molecule has 0 radical (unpaired) electrons. The van der Waals surface area contributed by atoms with E-state index in [2.05, 4.69) is 48.1 Å². The normalized spacial score (nSPS) is 11.4. The molecule has 1 rings (SSSR count). The fourth-order valence-electron chi connectivity index (χ4n) is 1.84. The van der Waals surface area contributed by atoms with E-state index < -0.39 is 0 Å². The average molecular weight is 298 g/mol. The van der Waals surface area contributed by atoms with E-state index >= 15 is 0 Å². The first kappa shape index (κ1) is 14.2. The lowest BCUT2D eigenvalue weighted by atomic mass is 9.96.